The van der Waals surface area contributed by atoms with Crippen LogP contribution < -0.4 is 0 Å². The summed E-state index contributed by atoms with van der Waals surface area (Å²) in [4.78, 5) is 0. The number of halogens is 1. The molecule has 0 unspecified atom stereocenters. The van der Waals surface area contributed by atoms with Crippen molar-refractivity contribution in [3.8, 4) is 0 Å². The Bertz CT molecular complexity index is 220. The molecule has 0 saturated heterocycles. The summed E-state index contributed by atoms with van der Waals surface area (Å²) in [5.41, 5.74) is 2.41. The molecule has 0 aliphatic heterocycles. The number of hydrogen-bond donors (Lipinski definition) is 0. The number of benzene rings is 1. The van der Waals surface area contributed by atoms with Gasteiger partial charge in [-0.15, -0.1) is 0 Å². The zero-order valence-electron chi connectivity index (χ0n) is 5.61. The smallest absolute Gasteiger partial charge is 0.0841 e. The predicted molar refractivity (Wildman–Crippen MR) is 49.5 cm³/mol. The maximum absolute atomic E-state index is 5.78. The lowest BCUT2D eigenvalue weighted by atomic mass is 10.2. The Balaban J connectivity index is 0.000000810. The third-order valence-corrected chi connectivity index (χ3v) is 1.74. The van der Waals surface area contributed by atoms with Crippen molar-refractivity contribution in [3.63, 3.8) is 0 Å². The summed E-state index contributed by atoms with van der Waals surface area (Å²) in [5, 5.41) is 0.848. The average Bonchev–Trinajstić information content (AvgIpc) is 1.80. The van der Waals surface area contributed by atoms with Crippen LogP contribution in [-0.4, -0.2) is 23.1 Å². The van der Waals surface area contributed by atoms with Crippen molar-refractivity contribution in [2.75, 3.05) is 0 Å². The molecular formula is C8H11ClMg. The fourth-order valence-corrected chi connectivity index (χ4v) is 0.912. The van der Waals surface area contributed by atoms with Gasteiger partial charge in [-0.3, -0.25) is 0 Å². The van der Waals surface area contributed by atoms with Crippen LogP contribution in [0.3, 0.4) is 0 Å². The molecule has 0 aromatic heterocycles. The minimum atomic E-state index is 0. The molecule has 0 amide bonds. The SMILES string of the molecule is Cc1ccc(Cl)c(C)c1.[MgH2]. The molecule has 0 fully saturated rings. The van der Waals surface area contributed by atoms with E-state index in [0.717, 1.165) is 10.6 Å². The first-order valence-corrected chi connectivity index (χ1v) is 3.30. The first-order chi connectivity index (χ1) is 4.20. The van der Waals surface area contributed by atoms with Crippen LogP contribution in [0.1, 0.15) is 11.1 Å². The highest BCUT2D eigenvalue weighted by atomic mass is 35.5. The number of hydrogen-bond acceptors (Lipinski definition) is 0. The molecule has 0 heterocycles. The van der Waals surface area contributed by atoms with Gasteiger partial charge in [0, 0.05) is 5.02 Å². The van der Waals surface area contributed by atoms with E-state index in [9.17, 15) is 0 Å². The number of aryl methyl sites for hydroxylation is 2. The van der Waals surface area contributed by atoms with Crippen LogP contribution in [0.25, 0.3) is 0 Å². The summed E-state index contributed by atoms with van der Waals surface area (Å²) in [6.45, 7) is 4.07. The lowest BCUT2D eigenvalue weighted by Gasteiger charge is -1.96. The Morgan fingerprint density at radius 2 is 1.80 bits per heavy atom. The zero-order chi connectivity index (χ0) is 6.85. The molecular weight excluding hydrogens is 156 g/mol. The third kappa shape index (κ3) is 2.49. The van der Waals surface area contributed by atoms with E-state index < -0.39 is 0 Å². The van der Waals surface area contributed by atoms with Crippen molar-refractivity contribution >= 4 is 34.7 Å². The summed E-state index contributed by atoms with van der Waals surface area (Å²) in [6, 6.07) is 6.00. The van der Waals surface area contributed by atoms with Gasteiger partial charge in [0.05, 0.1) is 0 Å². The first kappa shape index (κ1) is 10.3. The quantitative estimate of drug-likeness (QED) is 0.518. The lowest BCUT2D eigenvalue weighted by Crippen LogP contribution is -1.75. The molecule has 0 atom stereocenters. The van der Waals surface area contributed by atoms with Crippen molar-refractivity contribution in [2.24, 2.45) is 0 Å². The highest BCUT2D eigenvalue weighted by Crippen LogP contribution is 2.14. The van der Waals surface area contributed by atoms with Gasteiger partial charge in [0.15, 0.2) is 0 Å². The topological polar surface area (TPSA) is 0 Å². The summed E-state index contributed by atoms with van der Waals surface area (Å²) in [6.07, 6.45) is 0. The van der Waals surface area contributed by atoms with Gasteiger partial charge < -0.3 is 0 Å². The fraction of sp³-hybridized carbons (Fsp3) is 0.250. The zero-order valence-corrected chi connectivity index (χ0v) is 6.37. The van der Waals surface area contributed by atoms with Gasteiger partial charge in [0.1, 0.15) is 0 Å². The molecule has 0 aliphatic carbocycles. The fourth-order valence-electron chi connectivity index (χ4n) is 0.795. The monoisotopic (exact) mass is 166 g/mol. The average molecular weight is 167 g/mol. The predicted octanol–water partition coefficient (Wildman–Crippen LogP) is 2.04. The van der Waals surface area contributed by atoms with Gasteiger partial charge in [-0.05, 0) is 25.5 Å². The molecule has 0 N–H and O–H groups in total. The van der Waals surface area contributed by atoms with Crippen molar-refractivity contribution < 1.29 is 0 Å². The highest BCUT2D eigenvalue weighted by molar-refractivity contribution is 6.31. The van der Waals surface area contributed by atoms with Crippen molar-refractivity contribution in [1.29, 1.82) is 0 Å². The maximum Gasteiger partial charge on any atom is 0.316 e. The summed E-state index contributed by atoms with van der Waals surface area (Å²) >= 11 is 5.78. The summed E-state index contributed by atoms with van der Waals surface area (Å²) in [5.74, 6) is 0. The largest absolute Gasteiger partial charge is 0.316 e. The van der Waals surface area contributed by atoms with Crippen molar-refractivity contribution in [3.05, 3.63) is 34.3 Å². The van der Waals surface area contributed by atoms with Gasteiger partial charge in [-0.1, -0.05) is 29.3 Å². The molecule has 1 rings (SSSR count). The van der Waals surface area contributed by atoms with Crippen molar-refractivity contribution in [2.45, 2.75) is 13.8 Å². The molecule has 0 nitrogen and oxygen atoms in total. The molecule has 1 aromatic carbocycles. The molecule has 0 spiro atoms. The van der Waals surface area contributed by atoms with E-state index in [-0.39, 0.29) is 23.1 Å². The standard InChI is InChI=1S/C8H9Cl.Mg.2H/c1-6-3-4-8(9)7(2)5-6;;;/h3-5H,1-2H3;;;. The van der Waals surface area contributed by atoms with E-state index in [1.807, 2.05) is 19.1 Å². The first-order valence-electron chi connectivity index (χ1n) is 2.93. The second-order valence-electron chi connectivity index (χ2n) is 2.25. The van der Waals surface area contributed by atoms with Gasteiger partial charge in [-0.25, -0.2) is 0 Å². The van der Waals surface area contributed by atoms with Crippen LogP contribution >= 0.6 is 11.6 Å². The molecule has 0 bridgehead atoms. The van der Waals surface area contributed by atoms with E-state index >= 15 is 0 Å². The van der Waals surface area contributed by atoms with Gasteiger partial charge >= 0.3 is 23.1 Å². The maximum atomic E-state index is 5.78. The minimum absolute atomic E-state index is 0. The minimum Gasteiger partial charge on any atom is -0.0841 e. The second kappa shape index (κ2) is 4.22. The summed E-state index contributed by atoms with van der Waals surface area (Å²) in [7, 11) is 0. The number of rotatable bonds is 0. The van der Waals surface area contributed by atoms with Crippen LogP contribution in [0.2, 0.25) is 5.02 Å². The molecule has 0 radical (unpaired) electrons. The summed E-state index contributed by atoms with van der Waals surface area (Å²) < 4.78 is 0. The van der Waals surface area contributed by atoms with Gasteiger partial charge in [0.2, 0.25) is 0 Å². The molecule has 0 aliphatic rings. The Kier molecular flexibility index (Phi) is 4.33. The van der Waals surface area contributed by atoms with E-state index in [1.54, 1.807) is 0 Å². The van der Waals surface area contributed by atoms with Crippen LogP contribution in [-0.2, 0) is 0 Å². The van der Waals surface area contributed by atoms with Crippen LogP contribution in [0.5, 0.6) is 0 Å². The van der Waals surface area contributed by atoms with Gasteiger partial charge in [0.25, 0.3) is 0 Å². The Morgan fingerprint density at radius 1 is 1.20 bits per heavy atom. The van der Waals surface area contributed by atoms with Crippen LogP contribution in [0.4, 0.5) is 0 Å². The van der Waals surface area contributed by atoms with Crippen molar-refractivity contribution in [1.82, 2.24) is 0 Å². The Morgan fingerprint density at radius 3 is 2.20 bits per heavy atom. The highest BCUT2D eigenvalue weighted by Gasteiger charge is 1.91. The van der Waals surface area contributed by atoms with E-state index in [1.165, 1.54) is 5.56 Å². The molecule has 10 heavy (non-hydrogen) atoms. The second-order valence-corrected chi connectivity index (χ2v) is 2.66. The molecule has 52 valence electrons. The lowest BCUT2D eigenvalue weighted by molar-refractivity contribution is 1.39. The van der Waals surface area contributed by atoms with E-state index in [2.05, 4.69) is 13.0 Å². The van der Waals surface area contributed by atoms with Gasteiger partial charge in [-0.2, -0.15) is 0 Å². The van der Waals surface area contributed by atoms with E-state index in [0.29, 0.717) is 0 Å². The molecule has 1 aromatic rings. The third-order valence-electron chi connectivity index (χ3n) is 1.31. The van der Waals surface area contributed by atoms with E-state index in [4.69, 9.17) is 11.6 Å². The Hall–Kier alpha value is 0.276. The molecule has 0 saturated carbocycles. The normalized spacial score (nSPS) is 8.70. The van der Waals surface area contributed by atoms with Crippen LogP contribution in [0, 0.1) is 13.8 Å². The van der Waals surface area contributed by atoms with Crippen LogP contribution in [0.15, 0.2) is 18.2 Å². The molecule has 2 heteroatoms. The Labute approximate surface area is 82.7 Å².